The number of benzene rings is 1. The van der Waals surface area contributed by atoms with Crippen LogP contribution in [0.4, 0.5) is 0 Å². The number of carboxylic acid groups (broad SMARTS) is 1. The molecule has 0 saturated heterocycles. The number of thioether (sulfide) groups is 1. The van der Waals surface area contributed by atoms with Gasteiger partial charge < -0.3 is 10.4 Å². The molecule has 1 aromatic carbocycles. The van der Waals surface area contributed by atoms with Crippen LogP contribution >= 0.6 is 23.4 Å². The third kappa shape index (κ3) is 5.42. The van der Waals surface area contributed by atoms with Crippen LogP contribution in [0.2, 0.25) is 5.02 Å². The van der Waals surface area contributed by atoms with E-state index < -0.39 is 5.97 Å². The molecule has 1 atom stereocenters. The molecule has 0 spiro atoms. The molecule has 6 heteroatoms. The van der Waals surface area contributed by atoms with E-state index in [2.05, 4.69) is 5.32 Å². The van der Waals surface area contributed by atoms with Crippen LogP contribution in [0, 0.1) is 0 Å². The van der Waals surface area contributed by atoms with Gasteiger partial charge in [0.2, 0.25) is 5.91 Å². The highest BCUT2D eigenvalue weighted by Gasteiger charge is 2.10. The van der Waals surface area contributed by atoms with Gasteiger partial charge in [0.25, 0.3) is 0 Å². The number of carboxylic acids is 1. The van der Waals surface area contributed by atoms with E-state index in [9.17, 15) is 9.59 Å². The number of nitrogens with one attached hydrogen (secondary N) is 1. The minimum atomic E-state index is -0.918. The number of halogens is 1. The minimum Gasteiger partial charge on any atom is -0.481 e. The van der Waals surface area contributed by atoms with Crippen molar-refractivity contribution in [1.82, 2.24) is 5.32 Å². The van der Waals surface area contributed by atoms with Crippen LogP contribution in [-0.4, -0.2) is 28.5 Å². The second kappa shape index (κ2) is 7.28. The summed E-state index contributed by atoms with van der Waals surface area (Å²) in [6.45, 7) is 1.86. The summed E-state index contributed by atoms with van der Waals surface area (Å²) in [6.07, 6.45) is 0. The first-order valence-corrected chi connectivity index (χ1v) is 6.86. The molecule has 0 aliphatic rings. The predicted octanol–water partition coefficient (Wildman–Crippen LogP) is 2.33. The SMILES string of the molecule is C[C@H](NC(=O)CSCC(=O)O)c1ccc(Cl)cc1. The highest BCUT2D eigenvalue weighted by molar-refractivity contribution is 8.00. The van der Waals surface area contributed by atoms with Gasteiger partial charge in [-0.25, -0.2) is 0 Å². The van der Waals surface area contributed by atoms with Crippen molar-refractivity contribution < 1.29 is 14.7 Å². The maximum Gasteiger partial charge on any atom is 0.313 e. The second-order valence-corrected chi connectivity index (χ2v) is 5.15. The molecule has 0 aliphatic heterocycles. The fraction of sp³-hybridized carbons (Fsp3) is 0.333. The Labute approximate surface area is 115 Å². The molecule has 1 rings (SSSR count). The third-order valence-electron chi connectivity index (χ3n) is 2.21. The Bertz CT molecular complexity index is 422. The number of hydrogen-bond acceptors (Lipinski definition) is 3. The monoisotopic (exact) mass is 287 g/mol. The first-order chi connectivity index (χ1) is 8.49. The van der Waals surface area contributed by atoms with Crippen molar-refractivity contribution in [2.75, 3.05) is 11.5 Å². The molecule has 18 heavy (non-hydrogen) atoms. The zero-order valence-corrected chi connectivity index (χ0v) is 11.4. The lowest BCUT2D eigenvalue weighted by Gasteiger charge is -2.14. The van der Waals surface area contributed by atoms with E-state index in [1.807, 2.05) is 19.1 Å². The van der Waals surface area contributed by atoms with Gasteiger partial charge >= 0.3 is 5.97 Å². The van der Waals surface area contributed by atoms with E-state index >= 15 is 0 Å². The summed E-state index contributed by atoms with van der Waals surface area (Å²) in [7, 11) is 0. The van der Waals surface area contributed by atoms with Crippen molar-refractivity contribution in [3.8, 4) is 0 Å². The summed E-state index contributed by atoms with van der Waals surface area (Å²) >= 11 is 6.85. The van der Waals surface area contributed by atoms with Crippen LogP contribution in [0.15, 0.2) is 24.3 Å². The van der Waals surface area contributed by atoms with Gasteiger partial charge in [-0.3, -0.25) is 9.59 Å². The number of hydrogen-bond donors (Lipinski definition) is 2. The smallest absolute Gasteiger partial charge is 0.313 e. The van der Waals surface area contributed by atoms with Crippen LogP contribution in [0.1, 0.15) is 18.5 Å². The topological polar surface area (TPSA) is 66.4 Å². The summed E-state index contributed by atoms with van der Waals surface area (Å²) in [6, 6.07) is 7.09. The standard InChI is InChI=1S/C12H14ClNO3S/c1-8(9-2-4-10(13)5-3-9)14-11(15)6-18-7-12(16)17/h2-5,8H,6-7H2,1H3,(H,14,15)(H,16,17)/t8-/m0/s1. The molecule has 0 unspecified atom stereocenters. The average molecular weight is 288 g/mol. The van der Waals surface area contributed by atoms with Gasteiger partial charge in [0.1, 0.15) is 0 Å². The molecule has 0 aliphatic carbocycles. The van der Waals surface area contributed by atoms with Crippen molar-refractivity contribution in [3.05, 3.63) is 34.9 Å². The van der Waals surface area contributed by atoms with Crippen LogP contribution in [-0.2, 0) is 9.59 Å². The first kappa shape index (κ1) is 14.9. The molecule has 0 saturated carbocycles. The Kier molecular flexibility index (Phi) is 6.01. The predicted molar refractivity (Wildman–Crippen MR) is 73.0 cm³/mol. The number of carbonyl (C=O) groups is 2. The molecule has 0 bridgehead atoms. The number of rotatable bonds is 6. The molecule has 98 valence electrons. The quantitative estimate of drug-likeness (QED) is 0.843. The molecule has 2 N–H and O–H groups in total. The van der Waals surface area contributed by atoms with Crippen LogP contribution in [0.3, 0.4) is 0 Å². The van der Waals surface area contributed by atoms with Gasteiger partial charge in [0.05, 0.1) is 17.5 Å². The van der Waals surface area contributed by atoms with E-state index in [4.69, 9.17) is 16.7 Å². The molecule has 4 nitrogen and oxygen atoms in total. The molecule has 0 fully saturated rings. The number of aliphatic carboxylic acids is 1. The van der Waals surface area contributed by atoms with Gasteiger partial charge in [-0.1, -0.05) is 23.7 Å². The Morgan fingerprint density at radius 3 is 2.50 bits per heavy atom. The van der Waals surface area contributed by atoms with Crippen molar-refractivity contribution >= 4 is 35.2 Å². The highest BCUT2D eigenvalue weighted by atomic mass is 35.5. The third-order valence-corrected chi connectivity index (χ3v) is 3.38. The average Bonchev–Trinajstić information content (AvgIpc) is 2.29. The fourth-order valence-electron chi connectivity index (χ4n) is 1.35. The van der Waals surface area contributed by atoms with Gasteiger partial charge in [-0.05, 0) is 24.6 Å². The van der Waals surface area contributed by atoms with Crippen LogP contribution in [0.25, 0.3) is 0 Å². The minimum absolute atomic E-state index is 0.0667. The summed E-state index contributed by atoms with van der Waals surface area (Å²) < 4.78 is 0. The van der Waals surface area contributed by atoms with Crippen molar-refractivity contribution in [2.45, 2.75) is 13.0 Å². The lowest BCUT2D eigenvalue weighted by molar-refractivity contribution is -0.133. The van der Waals surface area contributed by atoms with Crippen LogP contribution < -0.4 is 5.32 Å². The van der Waals surface area contributed by atoms with E-state index in [1.54, 1.807) is 12.1 Å². The molecule has 0 aromatic heterocycles. The zero-order valence-electron chi connectivity index (χ0n) is 9.85. The molecule has 1 aromatic rings. The first-order valence-electron chi connectivity index (χ1n) is 5.33. The van der Waals surface area contributed by atoms with Crippen molar-refractivity contribution in [3.63, 3.8) is 0 Å². The van der Waals surface area contributed by atoms with E-state index in [1.165, 1.54) is 0 Å². The molecule has 0 heterocycles. The van der Waals surface area contributed by atoms with E-state index in [0.717, 1.165) is 17.3 Å². The Morgan fingerprint density at radius 2 is 1.94 bits per heavy atom. The zero-order chi connectivity index (χ0) is 13.5. The number of carbonyl (C=O) groups excluding carboxylic acids is 1. The molecular formula is C12H14ClNO3S. The van der Waals surface area contributed by atoms with E-state index in [-0.39, 0.29) is 23.5 Å². The summed E-state index contributed by atoms with van der Waals surface area (Å²) in [5, 5.41) is 11.9. The Hall–Kier alpha value is -1.20. The lowest BCUT2D eigenvalue weighted by Crippen LogP contribution is -2.28. The normalized spacial score (nSPS) is 11.9. The van der Waals surface area contributed by atoms with Crippen molar-refractivity contribution in [2.24, 2.45) is 0 Å². The van der Waals surface area contributed by atoms with Gasteiger partial charge in [-0.15, -0.1) is 11.8 Å². The largest absolute Gasteiger partial charge is 0.481 e. The Morgan fingerprint density at radius 1 is 1.33 bits per heavy atom. The van der Waals surface area contributed by atoms with Gasteiger partial charge in [-0.2, -0.15) is 0 Å². The van der Waals surface area contributed by atoms with E-state index in [0.29, 0.717) is 5.02 Å². The number of amides is 1. The Balaban J connectivity index is 2.39. The molecular weight excluding hydrogens is 274 g/mol. The summed E-state index contributed by atoms with van der Waals surface area (Å²) in [5.74, 6) is -1.02. The van der Waals surface area contributed by atoms with Crippen LogP contribution in [0.5, 0.6) is 0 Å². The van der Waals surface area contributed by atoms with Crippen molar-refractivity contribution in [1.29, 1.82) is 0 Å². The maximum atomic E-state index is 11.5. The summed E-state index contributed by atoms with van der Waals surface area (Å²) in [4.78, 5) is 21.8. The molecule has 0 radical (unpaired) electrons. The van der Waals surface area contributed by atoms with Gasteiger partial charge in [0.15, 0.2) is 0 Å². The highest BCUT2D eigenvalue weighted by Crippen LogP contribution is 2.16. The summed E-state index contributed by atoms with van der Waals surface area (Å²) in [5.41, 5.74) is 0.955. The maximum absolute atomic E-state index is 11.5. The van der Waals surface area contributed by atoms with Gasteiger partial charge in [0, 0.05) is 5.02 Å². The second-order valence-electron chi connectivity index (χ2n) is 3.73. The fourth-order valence-corrected chi connectivity index (χ4v) is 2.02. The molecule has 1 amide bonds. The lowest BCUT2D eigenvalue weighted by atomic mass is 10.1.